The summed E-state index contributed by atoms with van der Waals surface area (Å²) in [6, 6.07) is 8.94. The first kappa shape index (κ1) is 23.1. The lowest BCUT2D eigenvalue weighted by atomic mass is 9.88. The molecule has 0 radical (unpaired) electrons. The molecule has 2 amide bonds. The van der Waals surface area contributed by atoms with Gasteiger partial charge in [-0.2, -0.15) is 0 Å². The highest BCUT2D eigenvalue weighted by atomic mass is 32.1. The van der Waals surface area contributed by atoms with Gasteiger partial charge in [0.25, 0.3) is 0 Å². The molecular weight excluding hydrogens is 440 g/mol. The lowest BCUT2D eigenvalue weighted by Gasteiger charge is -2.30. The van der Waals surface area contributed by atoms with E-state index in [1.807, 2.05) is 36.7 Å². The quantitative estimate of drug-likeness (QED) is 0.576. The van der Waals surface area contributed by atoms with Crippen LogP contribution >= 0.6 is 11.3 Å². The number of β-amino-alcohol motifs (C(OH)–C–C–N with tert-alkyl or cyclic N) is 1. The minimum Gasteiger partial charge on any atom is -0.391 e. The Morgan fingerprint density at radius 3 is 2.61 bits per heavy atom. The molecule has 0 bridgehead atoms. The van der Waals surface area contributed by atoms with Crippen LogP contribution in [0.2, 0.25) is 0 Å². The van der Waals surface area contributed by atoms with Gasteiger partial charge in [0.2, 0.25) is 11.8 Å². The maximum Gasteiger partial charge on any atom is 0.243 e. The van der Waals surface area contributed by atoms with Crippen molar-refractivity contribution in [2.75, 3.05) is 6.54 Å². The summed E-state index contributed by atoms with van der Waals surface area (Å²) < 4.78 is 5.32. The topological polar surface area (TPSA) is 109 Å². The van der Waals surface area contributed by atoms with E-state index in [4.69, 9.17) is 4.52 Å². The number of amides is 2. The number of thiazole rings is 1. The van der Waals surface area contributed by atoms with E-state index >= 15 is 0 Å². The van der Waals surface area contributed by atoms with Crippen LogP contribution in [0.4, 0.5) is 0 Å². The smallest absolute Gasteiger partial charge is 0.243 e. The van der Waals surface area contributed by atoms with Crippen LogP contribution in [0.15, 0.2) is 40.4 Å². The molecule has 1 fully saturated rings. The number of nitrogens with one attached hydrogen (secondary N) is 1. The van der Waals surface area contributed by atoms with E-state index in [2.05, 4.69) is 15.5 Å². The number of hydrogen-bond acceptors (Lipinski definition) is 7. The molecule has 33 heavy (non-hydrogen) atoms. The van der Waals surface area contributed by atoms with Crippen LogP contribution < -0.4 is 5.32 Å². The Kier molecular flexibility index (Phi) is 6.36. The van der Waals surface area contributed by atoms with Gasteiger partial charge in [0.05, 0.1) is 27.9 Å². The van der Waals surface area contributed by atoms with E-state index in [9.17, 15) is 14.7 Å². The average Bonchev–Trinajstić information content (AvgIpc) is 3.52. The van der Waals surface area contributed by atoms with Gasteiger partial charge in [-0.3, -0.25) is 9.59 Å². The van der Waals surface area contributed by atoms with Gasteiger partial charge in [-0.25, -0.2) is 4.98 Å². The molecule has 1 aliphatic heterocycles. The molecule has 0 saturated carbocycles. The number of aryl methyl sites for hydroxylation is 2. The number of aromatic nitrogens is 2. The summed E-state index contributed by atoms with van der Waals surface area (Å²) in [5, 5.41) is 17.0. The normalized spacial score (nSPS) is 18.5. The third-order valence-electron chi connectivity index (χ3n) is 6.05. The lowest BCUT2D eigenvalue weighted by molar-refractivity contribution is -0.142. The highest BCUT2D eigenvalue weighted by Gasteiger charge is 2.45. The average molecular weight is 469 g/mol. The fourth-order valence-corrected chi connectivity index (χ4v) is 4.88. The van der Waals surface area contributed by atoms with Crippen molar-refractivity contribution in [1.82, 2.24) is 20.4 Å². The van der Waals surface area contributed by atoms with Crippen molar-refractivity contribution in [2.24, 2.45) is 0 Å². The second kappa shape index (κ2) is 9.07. The summed E-state index contributed by atoms with van der Waals surface area (Å²) in [6.45, 7) is 7.68. The Bertz CT molecular complexity index is 1150. The molecule has 0 aliphatic carbocycles. The predicted molar refractivity (Wildman–Crippen MR) is 125 cm³/mol. The van der Waals surface area contributed by atoms with Crippen molar-refractivity contribution in [3.8, 4) is 10.4 Å². The third kappa shape index (κ3) is 4.69. The van der Waals surface area contributed by atoms with Crippen LogP contribution in [0.25, 0.3) is 10.4 Å². The summed E-state index contributed by atoms with van der Waals surface area (Å²) in [4.78, 5) is 33.2. The molecule has 4 rings (SSSR count). The van der Waals surface area contributed by atoms with Gasteiger partial charge in [0.15, 0.2) is 5.76 Å². The molecule has 3 heterocycles. The van der Waals surface area contributed by atoms with Gasteiger partial charge in [0, 0.05) is 25.6 Å². The molecule has 1 aliphatic rings. The van der Waals surface area contributed by atoms with Crippen molar-refractivity contribution in [2.45, 2.75) is 58.2 Å². The van der Waals surface area contributed by atoms with Crippen LogP contribution in [0, 0.1) is 13.8 Å². The van der Waals surface area contributed by atoms with Gasteiger partial charge >= 0.3 is 0 Å². The SMILES string of the molecule is Cc1cc(C(C)(C)C(=O)N2C[C@H](O)C[C@H]2C(=O)NCc2ccc(-c3scnc3C)cc2)on1. The minimum absolute atomic E-state index is 0.108. The molecule has 2 atom stereocenters. The Balaban J connectivity index is 1.42. The van der Waals surface area contributed by atoms with Crippen LogP contribution in [0.5, 0.6) is 0 Å². The molecule has 1 saturated heterocycles. The Morgan fingerprint density at radius 1 is 1.27 bits per heavy atom. The molecule has 8 nitrogen and oxygen atoms in total. The fraction of sp³-hybridized carbons (Fsp3) is 0.417. The standard InChI is InChI=1S/C24H28N4O4S/c1-14-9-20(32-27-14)24(3,4)23(31)28-12-18(29)10-19(28)22(30)25-11-16-5-7-17(8-6-16)21-15(2)26-13-33-21/h5-9,13,18-19,29H,10-12H2,1-4H3,(H,25,30)/t18-,19+/m1/s1. The molecule has 2 aromatic heterocycles. The molecule has 0 spiro atoms. The summed E-state index contributed by atoms with van der Waals surface area (Å²) in [5.41, 5.74) is 4.53. The molecule has 9 heteroatoms. The van der Waals surface area contributed by atoms with E-state index in [-0.39, 0.29) is 24.8 Å². The first-order valence-corrected chi connectivity index (χ1v) is 11.7. The van der Waals surface area contributed by atoms with E-state index in [0.29, 0.717) is 18.0 Å². The summed E-state index contributed by atoms with van der Waals surface area (Å²) in [7, 11) is 0. The van der Waals surface area contributed by atoms with E-state index in [0.717, 1.165) is 21.7 Å². The molecule has 1 aromatic carbocycles. The molecule has 174 valence electrons. The lowest BCUT2D eigenvalue weighted by Crippen LogP contribution is -2.51. The highest BCUT2D eigenvalue weighted by molar-refractivity contribution is 7.13. The summed E-state index contributed by atoms with van der Waals surface area (Å²) >= 11 is 1.60. The van der Waals surface area contributed by atoms with Gasteiger partial charge in [-0.15, -0.1) is 11.3 Å². The van der Waals surface area contributed by atoms with Gasteiger partial charge in [-0.1, -0.05) is 29.4 Å². The number of aliphatic hydroxyl groups is 1. The van der Waals surface area contributed by atoms with E-state index in [1.54, 1.807) is 38.2 Å². The van der Waals surface area contributed by atoms with Gasteiger partial charge in [0.1, 0.15) is 11.5 Å². The Morgan fingerprint density at radius 2 is 2.00 bits per heavy atom. The fourth-order valence-electron chi connectivity index (χ4n) is 4.07. The van der Waals surface area contributed by atoms with Gasteiger partial charge in [-0.05, 0) is 38.8 Å². The number of nitrogens with zero attached hydrogens (tertiary/aromatic N) is 3. The largest absolute Gasteiger partial charge is 0.391 e. The number of likely N-dealkylation sites (tertiary alicyclic amines) is 1. The van der Waals surface area contributed by atoms with Crippen molar-refractivity contribution < 1.29 is 19.2 Å². The zero-order valence-electron chi connectivity index (χ0n) is 19.2. The van der Waals surface area contributed by atoms with Crippen molar-refractivity contribution in [3.05, 3.63) is 58.6 Å². The summed E-state index contributed by atoms with van der Waals surface area (Å²) in [5.74, 6) is -0.131. The third-order valence-corrected chi connectivity index (χ3v) is 7.03. The minimum atomic E-state index is -1.01. The molecular formula is C24H28N4O4S. The first-order valence-electron chi connectivity index (χ1n) is 10.9. The summed E-state index contributed by atoms with van der Waals surface area (Å²) in [6.07, 6.45) is -0.550. The number of carbonyl (C=O) groups excluding carboxylic acids is 2. The van der Waals surface area contributed by atoms with Crippen LogP contribution in [0.3, 0.4) is 0 Å². The van der Waals surface area contributed by atoms with E-state index < -0.39 is 17.6 Å². The predicted octanol–water partition coefficient (Wildman–Crippen LogP) is 2.97. The van der Waals surface area contributed by atoms with Crippen LogP contribution in [-0.2, 0) is 21.5 Å². The zero-order valence-corrected chi connectivity index (χ0v) is 20.0. The zero-order chi connectivity index (χ0) is 23.8. The maximum absolute atomic E-state index is 13.3. The van der Waals surface area contributed by atoms with E-state index in [1.165, 1.54) is 4.90 Å². The van der Waals surface area contributed by atoms with Crippen molar-refractivity contribution in [1.29, 1.82) is 0 Å². The number of carbonyl (C=O) groups is 2. The Labute approximate surface area is 196 Å². The molecule has 2 N–H and O–H groups in total. The van der Waals surface area contributed by atoms with Crippen LogP contribution in [0.1, 0.15) is 43.0 Å². The number of rotatable bonds is 6. The second-order valence-corrected chi connectivity index (χ2v) is 9.86. The highest BCUT2D eigenvalue weighted by Crippen LogP contribution is 2.31. The second-order valence-electron chi connectivity index (χ2n) is 9.00. The Hall–Kier alpha value is -3.04. The number of aliphatic hydroxyl groups excluding tert-OH is 1. The number of hydrogen-bond donors (Lipinski definition) is 2. The molecule has 3 aromatic rings. The number of benzene rings is 1. The first-order chi connectivity index (χ1) is 15.7. The van der Waals surface area contributed by atoms with Crippen molar-refractivity contribution in [3.63, 3.8) is 0 Å². The van der Waals surface area contributed by atoms with Crippen molar-refractivity contribution >= 4 is 23.2 Å². The van der Waals surface area contributed by atoms with Crippen LogP contribution in [-0.4, -0.2) is 50.7 Å². The monoisotopic (exact) mass is 468 g/mol. The molecule has 0 unspecified atom stereocenters. The maximum atomic E-state index is 13.3. The van der Waals surface area contributed by atoms with Gasteiger partial charge < -0.3 is 19.8 Å².